The minimum atomic E-state index is -0.942. The maximum absolute atomic E-state index is 14.0. The Balaban J connectivity index is 2.21. The van der Waals surface area contributed by atoms with Gasteiger partial charge in [0.1, 0.15) is 12.4 Å². The molecule has 0 saturated heterocycles. The second-order valence-electron chi connectivity index (χ2n) is 5.47. The number of halogens is 2. The van der Waals surface area contributed by atoms with E-state index in [4.69, 9.17) is 11.6 Å². The summed E-state index contributed by atoms with van der Waals surface area (Å²) in [5, 5.41) is 10.9. The van der Waals surface area contributed by atoms with Gasteiger partial charge < -0.3 is 9.30 Å². The molecule has 8 nitrogen and oxygen atoms in total. The zero-order valence-corrected chi connectivity index (χ0v) is 15.8. The van der Waals surface area contributed by atoms with Gasteiger partial charge in [0.15, 0.2) is 4.80 Å². The lowest BCUT2D eigenvalue weighted by atomic mass is 10.2. The van der Waals surface area contributed by atoms with Gasteiger partial charge in [0.05, 0.1) is 32.8 Å². The van der Waals surface area contributed by atoms with Crippen molar-refractivity contribution in [2.75, 3.05) is 7.11 Å². The van der Waals surface area contributed by atoms with Gasteiger partial charge >= 0.3 is 5.97 Å². The minimum absolute atomic E-state index is 0.0465. The molecule has 11 heteroatoms. The van der Waals surface area contributed by atoms with E-state index in [2.05, 4.69) is 9.73 Å². The van der Waals surface area contributed by atoms with Crippen molar-refractivity contribution in [2.45, 2.75) is 6.54 Å². The van der Waals surface area contributed by atoms with Crippen LogP contribution < -0.4 is 4.80 Å². The van der Waals surface area contributed by atoms with E-state index in [1.54, 1.807) is 0 Å². The first kappa shape index (κ1) is 19.6. The predicted molar refractivity (Wildman–Crippen MR) is 99.8 cm³/mol. The third-order valence-electron chi connectivity index (χ3n) is 3.77. The van der Waals surface area contributed by atoms with Gasteiger partial charge in [-0.05, 0) is 18.2 Å². The molecule has 1 aromatic heterocycles. The van der Waals surface area contributed by atoms with Crippen LogP contribution in [-0.2, 0) is 16.1 Å². The van der Waals surface area contributed by atoms with Crippen molar-refractivity contribution in [1.29, 1.82) is 0 Å². The Morgan fingerprint density at radius 2 is 2.11 bits per heavy atom. The lowest BCUT2D eigenvalue weighted by molar-refractivity contribution is -0.384. The maximum atomic E-state index is 14.0. The summed E-state index contributed by atoms with van der Waals surface area (Å²) in [5.74, 6) is -2.39. The monoisotopic (exact) mass is 423 g/mol. The van der Waals surface area contributed by atoms with E-state index in [9.17, 15) is 24.1 Å². The molecule has 0 aliphatic heterocycles. The van der Waals surface area contributed by atoms with Crippen LogP contribution in [0.1, 0.15) is 10.4 Å². The fraction of sp³-hybridized carbons (Fsp3) is 0.118. The summed E-state index contributed by atoms with van der Waals surface area (Å²) in [7, 11) is 1.20. The molecule has 0 bridgehead atoms. The van der Waals surface area contributed by atoms with Crippen LogP contribution in [0, 0.1) is 15.9 Å². The minimum Gasteiger partial charge on any atom is -0.468 e. The summed E-state index contributed by atoms with van der Waals surface area (Å²) >= 11 is 6.84. The van der Waals surface area contributed by atoms with Gasteiger partial charge in [-0.25, -0.2) is 4.39 Å². The van der Waals surface area contributed by atoms with Gasteiger partial charge in [-0.3, -0.25) is 19.7 Å². The number of fused-ring (bicyclic) bond motifs is 1. The molecule has 2 aromatic carbocycles. The number of carbonyl (C=O) groups excluding carboxylic acids is 2. The van der Waals surface area contributed by atoms with E-state index < -0.39 is 28.2 Å². The number of esters is 1. The number of nitro benzene ring substituents is 1. The van der Waals surface area contributed by atoms with Gasteiger partial charge in [-0.2, -0.15) is 4.99 Å². The molecular weight excluding hydrogens is 413 g/mol. The summed E-state index contributed by atoms with van der Waals surface area (Å²) in [4.78, 5) is 38.6. The zero-order chi connectivity index (χ0) is 20.4. The highest BCUT2D eigenvalue weighted by atomic mass is 35.5. The quantitative estimate of drug-likeness (QED) is 0.363. The first-order valence-electron chi connectivity index (χ1n) is 7.69. The number of non-ortho nitro benzene ring substituents is 1. The van der Waals surface area contributed by atoms with E-state index in [0.717, 1.165) is 17.4 Å². The van der Waals surface area contributed by atoms with Crippen molar-refractivity contribution >= 4 is 50.7 Å². The zero-order valence-electron chi connectivity index (χ0n) is 14.2. The molecule has 0 unspecified atom stereocenters. The number of aromatic nitrogens is 1. The number of hydrogen-bond acceptors (Lipinski definition) is 6. The van der Waals surface area contributed by atoms with Crippen LogP contribution >= 0.6 is 22.9 Å². The molecule has 0 radical (unpaired) electrons. The topological polar surface area (TPSA) is 104 Å². The summed E-state index contributed by atoms with van der Waals surface area (Å²) < 4.78 is 20.4. The van der Waals surface area contributed by atoms with Crippen molar-refractivity contribution in [3.8, 4) is 0 Å². The van der Waals surface area contributed by atoms with E-state index in [1.807, 2.05) is 0 Å². The third kappa shape index (κ3) is 3.78. The number of benzene rings is 2. The van der Waals surface area contributed by atoms with Gasteiger partial charge in [-0.15, -0.1) is 0 Å². The molecule has 1 amide bonds. The van der Waals surface area contributed by atoms with Crippen LogP contribution in [0.15, 0.2) is 41.4 Å². The van der Waals surface area contributed by atoms with E-state index in [1.165, 1.54) is 42.0 Å². The van der Waals surface area contributed by atoms with Crippen LogP contribution in [0.5, 0.6) is 0 Å². The van der Waals surface area contributed by atoms with Crippen molar-refractivity contribution in [1.82, 2.24) is 4.57 Å². The number of nitrogens with zero attached hydrogens (tertiary/aromatic N) is 3. The van der Waals surface area contributed by atoms with E-state index in [0.29, 0.717) is 10.2 Å². The molecule has 1 heterocycles. The lowest BCUT2D eigenvalue weighted by Crippen LogP contribution is -2.22. The van der Waals surface area contributed by atoms with Crippen LogP contribution in [0.4, 0.5) is 10.1 Å². The highest BCUT2D eigenvalue weighted by molar-refractivity contribution is 7.16. The molecule has 0 N–H and O–H groups in total. The Kier molecular flexibility index (Phi) is 5.52. The molecular formula is C17H11ClFN3O5S. The Morgan fingerprint density at radius 1 is 1.36 bits per heavy atom. The van der Waals surface area contributed by atoms with Crippen molar-refractivity contribution in [3.05, 3.63) is 67.7 Å². The molecule has 28 heavy (non-hydrogen) atoms. The number of methoxy groups -OCH3 is 1. The highest BCUT2D eigenvalue weighted by Crippen LogP contribution is 2.24. The second-order valence-corrected chi connectivity index (χ2v) is 6.89. The van der Waals surface area contributed by atoms with Crippen molar-refractivity contribution < 1.29 is 23.6 Å². The van der Waals surface area contributed by atoms with Crippen molar-refractivity contribution in [2.24, 2.45) is 4.99 Å². The Labute approximate surface area is 165 Å². The number of carbonyl (C=O) groups is 2. The van der Waals surface area contributed by atoms with Gasteiger partial charge in [0.25, 0.3) is 11.6 Å². The predicted octanol–water partition coefficient (Wildman–Crippen LogP) is 3.32. The first-order valence-corrected chi connectivity index (χ1v) is 8.89. The van der Waals surface area contributed by atoms with Crippen molar-refractivity contribution in [3.63, 3.8) is 0 Å². The standard InChI is InChI=1S/C17H11ClFN3O5S/c1-27-14(23)8-21-12-6-5-9(22(25)26)7-13(12)28-17(21)20-16(24)15-10(18)3-2-4-11(15)19/h2-7H,8H2,1H3. The molecule has 3 rings (SSSR count). The molecule has 0 aliphatic rings. The number of nitro groups is 1. The van der Waals surface area contributed by atoms with Gasteiger partial charge in [-0.1, -0.05) is 29.0 Å². The average Bonchev–Trinajstić information content (AvgIpc) is 2.97. The summed E-state index contributed by atoms with van der Waals surface area (Å²) in [5.41, 5.74) is -0.126. The fourth-order valence-corrected chi connectivity index (χ4v) is 3.76. The largest absolute Gasteiger partial charge is 0.468 e. The number of ether oxygens (including phenoxy) is 1. The van der Waals surface area contributed by atoms with Crippen LogP contribution in [-0.4, -0.2) is 28.5 Å². The summed E-state index contributed by atoms with van der Waals surface area (Å²) in [6, 6.07) is 7.78. The van der Waals surface area contributed by atoms with Crippen LogP contribution in [0.2, 0.25) is 5.02 Å². The lowest BCUT2D eigenvalue weighted by Gasteiger charge is -2.04. The fourth-order valence-electron chi connectivity index (χ4n) is 2.45. The Morgan fingerprint density at radius 3 is 2.75 bits per heavy atom. The molecule has 0 fully saturated rings. The SMILES string of the molecule is COC(=O)Cn1c(=NC(=O)c2c(F)cccc2Cl)sc2cc([N+](=O)[O-])ccc21. The number of hydrogen-bond donors (Lipinski definition) is 0. The smallest absolute Gasteiger partial charge is 0.325 e. The van der Waals surface area contributed by atoms with E-state index >= 15 is 0 Å². The highest BCUT2D eigenvalue weighted by Gasteiger charge is 2.18. The normalized spacial score (nSPS) is 11.6. The molecule has 0 atom stereocenters. The molecule has 0 aliphatic carbocycles. The summed E-state index contributed by atoms with van der Waals surface area (Å²) in [6.45, 7) is -0.286. The Hall–Kier alpha value is -3.11. The third-order valence-corrected chi connectivity index (χ3v) is 5.12. The number of rotatable bonds is 4. The second kappa shape index (κ2) is 7.87. The first-order chi connectivity index (χ1) is 13.3. The number of amides is 1. The van der Waals surface area contributed by atoms with Crippen LogP contribution in [0.3, 0.4) is 0 Å². The average molecular weight is 424 g/mol. The van der Waals surface area contributed by atoms with Gasteiger partial charge in [0, 0.05) is 12.1 Å². The van der Waals surface area contributed by atoms with Gasteiger partial charge in [0.2, 0.25) is 0 Å². The summed E-state index contributed by atoms with van der Waals surface area (Å²) in [6.07, 6.45) is 0. The number of thiazole rings is 1. The molecule has 144 valence electrons. The molecule has 3 aromatic rings. The maximum Gasteiger partial charge on any atom is 0.325 e. The van der Waals surface area contributed by atoms with E-state index in [-0.39, 0.29) is 22.1 Å². The molecule has 0 spiro atoms. The Bertz CT molecular complexity index is 1170. The van der Waals surface area contributed by atoms with Crippen LogP contribution in [0.25, 0.3) is 10.2 Å². The molecule has 0 saturated carbocycles.